The van der Waals surface area contributed by atoms with E-state index in [1.54, 1.807) is 0 Å². The van der Waals surface area contributed by atoms with Gasteiger partial charge in [-0.2, -0.15) is 26.7 Å². The molecule has 29 heavy (non-hydrogen) atoms. The van der Waals surface area contributed by atoms with Gasteiger partial charge in [0, 0.05) is 16.4 Å². The summed E-state index contributed by atoms with van der Waals surface area (Å²) in [5, 5.41) is 7.86. The molecular formula is C17H12ClF3N4O3S. The number of H-pyrrole nitrogens is 1. The minimum Gasteiger partial charge on any atom is -0.322 e. The lowest BCUT2D eigenvalue weighted by molar-refractivity contribution is -0.137. The number of carbonyl (C=O) groups excluding carboxylic acids is 1. The smallest absolute Gasteiger partial charge is 0.322 e. The van der Waals surface area contributed by atoms with E-state index < -0.39 is 32.7 Å². The second-order valence-corrected chi connectivity index (χ2v) is 7.81. The van der Waals surface area contributed by atoms with Gasteiger partial charge in [0.15, 0.2) is 5.03 Å². The third-order valence-corrected chi connectivity index (χ3v) is 5.27. The monoisotopic (exact) mass is 444 g/mol. The molecule has 12 heteroatoms. The molecule has 7 nitrogen and oxygen atoms in total. The lowest BCUT2D eigenvalue weighted by atomic mass is 10.2. The molecule has 0 bridgehead atoms. The normalized spacial score (nSPS) is 11.9. The number of hydrogen-bond acceptors (Lipinski definition) is 4. The number of hydrogen-bond donors (Lipinski definition) is 3. The zero-order valence-corrected chi connectivity index (χ0v) is 15.9. The van der Waals surface area contributed by atoms with Crippen molar-refractivity contribution in [1.82, 2.24) is 10.2 Å². The number of anilines is 2. The van der Waals surface area contributed by atoms with Gasteiger partial charge in [0.1, 0.15) is 0 Å². The van der Waals surface area contributed by atoms with Gasteiger partial charge in [0.25, 0.3) is 15.9 Å². The highest BCUT2D eigenvalue weighted by Gasteiger charge is 2.31. The molecule has 0 unspecified atom stereocenters. The Morgan fingerprint density at radius 3 is 2.41 bits per heavy atom. The number of aromatic amines is 1. The average molecular weight is 445 g/mol. The zero-order valence-electron chi connectivity index (χ0n) is 14.3. The molecule has 0 aliphatic carbocycles. The Morgan fingerprint density at radius 1 is 1.07 bits per heavy atom. The lowest BCUT2D eigenvalue weighted by Crippen LogP contribution is -2.20. The molecule has 0 spiro atoms. The largest absolute Gasteiger partial charge is 0.416 e. The van der Waals surface area contributed by atoms with Crippen LogP contribution in [0.2, 0.25) is 5.02 Å². The summed E-state index contributed by atoms with van der Waals surface area (Å²) >= 11 is 5.75. The number of rotatable bonds is 5. The molecule has 3 rings (SSSR count). The number of alkyl halides is 3. The van der Waals surface area contributed by atoms with E-state index >= 15 is 0 Å². The zero-order chi connectivity index (χ0) is 21.2. The molecule has 0 atom stereocenters. The van der Waals surface area contributed by atoms with Crippen LogP contribution >= 0.6 is 11.6 Å². The van der Waals surface area contributed by atoms with E-state index in [1.165, 1.54) is 30.3 Å². The highest BCUT2D eigenvalue weighted by atomic mass is 35.5. The molecule has 3 N–H and O–H groups in total. The summed E-state index contributed by atoms with van der Waals surface area (Å²) in [4.78, 5) is 12.4. The fourth-order valence-corrected chi connectivity index (χ4v) is 3.62. The van der Waals surface area contributed by atoms with Crippen LogP contribution in [0, 0.1) is 0 Å². The standard InChI is InChI=1S/C17H12ClF3N4O3S/c18-11-4-6-12(7-5-11)25-29(27,28)16-14(9-22-24-16)15(26)23-13-3-1-2-10(8-13)17(19,20)21/h1-9,25H,(H,22,24)(H,23,26). The van der Waals surface area contributed by atoms with E-state index in [9.17, 15) is 26.4 Å². The molecule has 0 aliphatic heterocycles. The Bertz CT molecular complexity index is 1150. The third kappa shape index (κ3) is 4.87. The van der Waals surface area contributed by atoms with Crippen molar-refractivity contribution in [2.45, 2.75) is 11.2 Å². The summed E-state index contributed by atoms with van der Waals surface area (Å²) in [5.74, 6) is -0.949. The van der Waals surface area contributed by atoms with Crippen LogP contribution in [0.4, 0.5) is 24.5 Å². The van der Waals surface area contributed by atoms with Crippen molar-refractivity contribution < 1.29 is 26.4 Å². The highest BCUT2D eigenvalue weighted by molar-refractivity contribution is 7.92. The van der Waals surface area contributed by atoms with Crippen LogP contribution in [0.1, 0.15) is 15.9 Å². The van der Waals surface area contributed by atoms with Gasteiger partial charge in [-0.15, -0.1) is 0 Å². The summed E-state index contributed by atoms with van der Waals surface area (Å²) in [6.07, 6.45) is -3.63. The maximum atomic E-state index is 12.8. The van der Waals surface area contributed by atoms with Crippen LogP contribution in [-0.4, -0.2) is 24.5 Å². The van der Waals surface area contributed by atoms with Crippen molar-refractivity contribution in [3.05, 3.63) is 70.9 Å². The number of amides is 1. The van der Waals surface area contributed by atoms with E-state index in [0.29, 0.717) is 5.02 Å². The lowest BCUT2D eigenvalue weighted by Gasteiger charge is -2.11. The van der Waals surface area contributed by atoms with Crippen molar-refractivity contribution in [3.8, 4) is 0 Å². The second-order valence-electron chi connectivity index (χ2n) is 5.76. The number of carbonyl (C=O) groups is 1. The summed E-state index contributed by atoms with van der Waals surface area (Å²) in [7, 11) is -4.23. The van der Waals surface area contributed by atoms with E-state index in [2.05, 4.69) is 20.2 Å². The molecule has 0 saturated heterocycles. The average Bonchev–Trinajstić information content (AvgIpc) is 3.14. The van der Waals surface area contributed by atoms with Crippen LogP contribution in [-0.2, 0) is 16.2 Å². The number of benzene rings is 2. The van der Waals surface area contributed by atoms with Gasteiger partial charge in [-0.25, -0.2) is 0 Å². The third-order valence-electron chi connectivity index (χ3n) is 3.66. The van der Waals surface area contributed by atoms with E-state index in [4.69, 9.17) is 11.6 Å². The summed E-state index contributed by atoms with van der Waals surface area (Å²) in [6, 6.07) is 9.71. The Morgan fingerprint density at radius 2 is 1.76 bits per heavy atom. The number of halogens is 4. The van der Waals surface area contributed by atoms with Crippen LogP contribution in [0.25, 0.3) is 0 Å². The minimum atomic E-state index is -4.59. The minimum absolute atomic E-state index is 0.153. The summed E-state index contributed by atoms with van der Waals surface area (Å²) in [6.45, 7) is 0. The quantitative estimate of drug-likeness (QED) is 0.550. The topological polar surface area (TPSA) is 104 Å². The van der Waals surface area contributed by atoms with Crippen molar-refractivity contribution in [2.24, 2.45) is 0 Å². The number of sulfonamides is 1. The predicted octanol–water partition coefficient (Wildman–Crippen LogP) is 4.14. The Labute approximate surface area is 167 Å². The summed E-state index contributed by atoms with van der Waals surface area (Å²) in [5.41, 5.74) is -1.29. The van der Waals surface area contributed by atoms with Crippen LogP contribution in [0.15, 0.2) is 59.8 Å². The predicted molar refractivity (Wildman–Crippen MR) is 100 cm³/mol. The second kappa shape index (κ2) is 7.76. The Balaban J connectivity index is 1.84. The molecule has 152 valence electrons. The SMILES string of the molecule is O=C(Nc1cccc(C(F)(F)F)c1)c1cn[nH]c1S(=O)(=O)Nc1ccc(Cl)cc1. The molecule has 2 aromatic carbocycles. The van der Waals surface area contributed by atoms with Gasteiger partial charge < -0.3 is 5.32 Å². The van der Waals surface area contributed by atoms with Crippen molar-refractivity contribution in [3.63, 3.8) is 0 Å². The number of nitrogens with one attached hydrogen (secondary N) is 3. The van der Waals surface area contributed by atoms with E-state index in [1.807, 2.05) is 0 Å². The van der Waals surface area contributed by atoms with Gasteiger partial charge in [-0.1, -0.05) is 17.7 Å². The van der Waals surface area contributed by atoms with Crippen molar-refractivity contribution in [1.29, 1.82) is 0 Å². The van der Waals surface area contributed by atoms with Gasteiger partial charge in [-0.3, -0.25) is 14.6 Å². The van der Waals surface area contributed by atoms with Crippen LogP contribution in [0.5, 0.6) is 0 Å². The summed E-state index contributed by atoms with van der Waals surface area (Å²) < 4.78 is 65.8. The molecule has 3 aromatic rings. The fraction of sp³-hybridized carbons (Fsp3) is 0.0588. The maximum Gasteiger partial charge on any atom is 0.416 e. The first-order valence-corrected chi connectivity index (χ1v) is 9.73. The van der Waals surface area contributed by atoms with Crippen molar-refractivity contribution in [2.75, 3.05) is 10.0 Å². The molecule has 0 fully saturated rings. The van der Waals surface area contributed by atoms with Gasteiger partial charge in [0.05, 0.1) is 17.3 Å². The van der Waals surface area contributed by atoms with E-state index in [-0.39, 0.29) is 16.9 Å². The Kier molecular flexibility index (Phi) is 5.53. The first kappa shape index (κ1) is 20.7. The van der Waals surface area contributed by atoms with Crippen LogP contribution < -0.4 is 10.0 Å². The molecule has 1 amide bonds. The first-order chi connectivity index (χ1) is 13.6. The number of aromatic nitrogens is 2. The molecule has 1 heterocycles. The number of nitrogens with zero attached hydrogens (tertiary/aromatic N) is 1. The molecule has 0 saturated carbocycles. The molecular weight excluding hydrogens is 433 g/mol. The molecule has 0 radical (unpaired) electrons. The molecule has 0 aliphatic rings. The van der Waals surface area contributed by atoms with Crippen LogP contribution in [0.3, 0.4) is 0 Å². The molecule has 1 aromatic heterocycles. The first-order valence-electron chi connectivity index (χ1n) is 7.86. The van der Waals surface area contributed by atoms with Gasteiger partial charge in [0.2, 0.25) is 0 Å². The fourth-order valence-electron chi connectivity index (χ4n) is 2.34. The van der Waals surface area contributed by atoms with Gasteiger partial charge >= 0.3 is 6.18 Å². The van der Waals surface area contributed by atoms with Gasteiger partial charge in [-0.05, 0) is 42.5 Å². The Hall–Kier alpha value is -3.05. The highest BCUT2D eigenvalue weighted by Crippen LogP contribution is 2.31. The maximum absolute atomic E-state index is 12.8. The van der Waals surface area contributed by atoms with Crippen molar-refractivity contribution >= 4 is 38.9 Å². The van der Waals surface area contributed by atoms with E-state index in [0.717, 1.165) is 24.4 Å².